The highest BCUT2D eigenvalue weighted by molar-refractivity contribution is 5.66. The molecule has 102 valence electrons. The van der Waals surface area contributed by atoms with Crippen LogP contribution in [0.25, 0.3) is 16.9 Å². The van der Waals surface area contributed by atoms with E-state index in [1.165, 1.54) is 0 Å². The van der Waals surface area contributed by atoms with E-state index in [1.807, 2.05) is 49.4 Å². The first kappa shape index (κ1) is 12.9. The minimum Gasteiger partial charge on any atom is -0.384 e. The van der Waals surface area contributed by atoms with Crippen molar-refractivity contribution in [1.29, 1.82) is 5.26 Å². The van der Waals surface area contributed by atoms with Crippen molar-refractivity contribution in [3.63, 3.8) is 0 Å². The molecule has 0 aliphatic rings. The maximum atomic E-state index is 8.84. The van der Waals surface area contributed by atoms with Crippen LogP contribution in [0.1, 0.15) is 11.1 Å². The average Bonchev–Trinajstić information content (AvgIpc) is 2.89. The van der Waals surface area contributed by atoms with E-state index < -0.39 is 0 Å². The molecule has 2 N–H and O–H groups in total. The molecule has 0 amide bonds. The molecule has 0 saturated carbocycles. The number of aromatic nitrogens is 2. The van der Waals surface area contributed by atoms with E-state index in [4.69, 9.17) is 11.0 Å². The Hall–Kier alpha value is -3.06. The lowest BCUT2D eigenvalue weighted by Crippen LogP contribution is -2.01. The molecule has 0 atom stereocenters. The van der Waals surface area contributed by atoms with Crippen molar-refractivity contribution in [2.75, 3.05) is 5.73 Å². The number of aryl methyl sites for hydroxylation is 1. The lowest BCUT2D eigenvalue weighted by atomic mass is 10.1. The number of benzene rings is 2. The standard InChI is InChI=1S/C17H14N4/c1-12-4-2-3-5-15(12)16-10-17(19)21(20-16)14-8-6-13(11-18)7-9-14/h2-10H,19H2,1H3. The molecule has 0 aliphatic heterocycles. The lowest BCUT2D eigenvalue weighted by Gasteiger charge is -2.04. The predicted molar refractivity (Wildman–Crippen MR) is 82.9 cm³/mol. The number of anilines is 1. The number of hydrogen-bond donors (Lipinski definition) is 1. The minimum absolute atomic E-state index is 0.568. The predicted octanol–water partition coefficient (Wildman–Crippen LogP) is 3.30. The van der Waals surface area contributed by atoms with Crippen molar-refractivity contribution in [3.8, 4) is 23.0 Å². The summed E-state index contributed by atoms with van der Waals surface area (Å²) in [7, 11) is 0. The molecule has 4 heteroatoms. The second-order valence-electron chi connectivity index (χ2n) is 4.84. The van der Waals surface area contributed by atoms with Crippen LogP contribution in [0, 0.1) is 18.3 Å². The van der Waals surface area contributed by atoms with Crippen molar-refractivity contribution in [2.45, 2.75) is 6.92 Å². The minimum atomic E-state index is 0.568. The summed E-state index contributed by atoms with van der Waals surface area (Å²) < 4.78 is 1.68. The zero-order valence-corrected chi connectivity index (χ0v) is 11.6. The highest BCUT2D eigenvalue weighted by Crippen LogP contribution is 2.25. The Bertz CT molecular complexity index is 823. The largest absolute Gasteiger partial charge is 0.384 e. The number of nitrogens with two attached hydrogens (primary N) is 1. The first-order valence-corrected chi connectivity index (χ1v) is 6.61. The van der Waals surface area contributed by atoms with Crippen LogP contribution in [-0.4, -0.2) is 9.78 Å². The number of nitriles is 1. The summed E-state index contributed by atoms with van der Waals surface area (Å²) in [6, 6.07) is 19.2. The third-order valence-electron chi connectivity index (χ3n) is 3.40. The van der Waals surface area contributed by atoms with E-state index in [0.29, 0.717) is 11.4 Å². The molecule has 0 saturated heterocycles. The van der Waals surface area contributed by atoms with Gasteiger partial charge in [-0.2, -0.15) is 10.4 Å². The topological polar surface area (TPSA) is 67.6 Å². The van der Waals surface area contributed by atoms with E-state index in [9.17, 15) is 0 Å². The van der Waals surface area contributed by atoms with Crippen molar-refractivity contribution in [2.24, 2.45) is 0 Å². The Labute approximate surface area is 123 Å². The van der Waals surface area contributed by atoms with Gasteiger partial charge in [0, 0.05) is 11.6 Å². The van der Waals surface area contributed by atoms with Crippen molar-refractivity contribution < 1.29 is 0 Å². The highest BCUT2D eigenvalue weighted by Gasteiger charge is 2.10. The molecule has 21 heavy (non-hydrogen) atoms. The zero-order valence-electron chi connectivity index (χ0n) is 11.6. The molecule has 0 radical (unpaired) electrons. The maximum absolute atomic E-state index is 8.84. The fourth-order valence-corrected chi connectivity index (χ4v) is 2.27. The van der Waals surface area contributed by atoms with Gasteiger partial charge in [-0.3, -0.25) is 0 Å². The summed E-state index contributed by atoms with van der Waals surface area (Å²) in [5.74, 6) is 0.568. The fraction of sp³-hybridized carbons (Fsp3) is 0.0588. The van der Waals surface area contributed by atoms with Crippen LogP contribution < -0.4 is 5.73 Å². The molecule has 0 spiro atoms. The fourth-order valence-electron chi connectivity index (χ4n) is 2.27. The molecule has 3 rings (SSSR count). The van der Waals surface area contributed by atoms with Gasteiger partial charge in [-0.25, -0.2) is 4.68 Å². The highest BCUT2D eigenvalue weighted by atomic mass is 15.3. The van der Waals surface area contributed by atoms with E-state index in [0.717, 1.165) is 22.5 Å². The third kappa shape index (κ3) is 2.37. The molecular weight excluding hydrogens is 260 g/mol. The number of nitrogen functional groups attached to an aromatic ring is 1. The van der Waals surface area contributed by atoms with Crippen LogP contribution in [0.3, 0.4) is 0 Å². The molecule has 0 unspecified atom stereocenters. The Balaban J connectivity index is 2.06. The first-order chi connectivity index (χ1) is 10.2. The molecule has 3 aromatic rings. The molecule has 1 heterocycles. The van der Waals surface area contributed by atoms with Crippen molar-refractivity contribution >= 4 is 5.82 Å². The molecule has 1 aromatic heterocycles. The maximum Gasteiger partial charge on any atom is 0.127 e. The number of nitrogens with zero attached hydrogens (tertiary/aromatic N) is 3. The van der Waals surface area contributed by atoms with Gasteiger partial charge >= 0.3 is 0 Å². The second kappa shape index (κ2) is 5.14. The molecule has 0 fully saturated rings. The van der Waals surface area contributed by atoms with E-state index in [1.54, 1.807) is 16.8 Å². The molecule has 2 aromatic carbocycles. The monoisotopic (exact) mass is 274 g/mol. The van der Waals surface area contributed by atoms with Crippen LogP contribution in [0.4, 0.5) is 5.82 Å². The van der Waals surface area contributed by atoms with Crippen LogP contribution >= 0.6 is 0 Å². The van der Waals surface area contributed by atoms with Crippen LogP contribution in [0.15, 0.2) is 54.6 Å². The van der Waals surface area contributed by atoms with E-state index in [-0.39, 0.29) is 0 Å². The van der Waals surface area contributed by atoms with E-state index >= 15 is 0 Å². The molecule has 0 aliphatic carbocycles. The summed E-state index contributed by atoms with van der Waals surface area (Å²) in [5, 5.41) is 13.4. The first-order valence-electron chi connectivity index (χ1n) is 6.61. The SMILES string of the molecule is Cc1ccccc1-c1cc(N)n(-c2ccc(C#N)cc2)n1. The second-order valence-corrected chi connectivity index (χ2v) is 4.84. The molecule has 0 bridgehead atoms. The summed E-state index contributed by atoms with van der Waals surface area (Å²) in [4.78, 5) is 0. The van der Waals surface area contributed by atoms with Crippen molar-refractivity contribution in [3.05, 3.63) is 65.7 Å². The van der Waals surface area contributed by atoms with Crippen LogP contribution in [-0.2, 0) is 0 Å². The average molecular weight is 274 g/mol. The summed E-state index contributed by atoms with van der Waals surface area (Å²) in [6.45, 7) is 2.05. The van der Waals surface area contributed by atoms with Gasteiger partial charge in [-0.1, -0.05) is 24.3 Å². The lowest BCUT2D eigenvalue weighted by molar-refractivity contribution is 0.894. The van der Waals surface area contributed by atoms with Gasteiger partial charge in [-0.05, 0) is 36.8 Å². The van der Waals surface area contributed by atoms with Crippen molar-refractivity contribution in [1.82, 2.24) is 9.78 Å². The van der Waals surface area contributed by atoms with Gasteiger partial charge in [0.25, 0.3) is 0 Å². The van der Waals surface area contributed by atoms with Gasteiger partial charge in [0.15, 0.2) is 0 Å². The van der Waals surface area contributed by atoms with Gasteiger partial charge in [-0.15, -0.1) is 0 Å². The number of rotatable bonds is 2. The van der Waals surface area contributed by atoms with Gasteiger partial charge < -0.3 is 5.73 Å². The molecular formula is C17H14N4. The van der Waals surface area contributed by atoms with Gasteiger partial charge in [0.05, 0.1) is 23.0 Å². The Morgan fingerprint density at radius 1 is 1.10 bits per heavy atom. The van der Waals surface area contributed by atoms with E-state index in [2.05, 4.69) is 11.2 Å². The molecule has 4 nitrogen and oxygen atoms in total. The van der Waals surface area contributed by atoms with Gasteiger partial charge in [0.1, 0.15) is 5.82 Å². The number of hydrogen-bond acceptors (Lipinski definition) is 3. The van der Waals surface area contributed by atoms with Gasteiger partial charge in [0.2, 0.25) is 0 Å². The Morgan fingerprint density at radius 3 is 2.48 bits per heavy atom. The van der Waals surface area contributed by atoms with Crippen LogP contribution in [0.5, 0.6) is 0 Å². The normalized spacial score (nSPS) is 10.3. The third-order valence-corrected chi connectivity index (χ3v) is 3.40. The quantitative estimate of drug-likeness (QED) is 0.779. The smallest absolute Gasteiger partial charge is 0.127 e. The Kier molecular flexibility index (Phi) is 3.17. The summed E-state index contributed by atoms with van der Waals surface area (Å²) in [5.41, 5.74) is 10.6. The van der Waals surface area contributed by atoms with Crippen LogP contribution in [0.2, 0.25) is 0 Å². The summed E-state index contributed by atoms with van der Waals surface area (Å²) >= 11 is 0. The Morgan fingerprint density at radius 2 is 1.81 bits per heavy atom. The zero-order chi connectivity index (χ0) is 14.8. The summed E-state index contributed by atoms with van der Waals surface area (Å²) in [6.07, 6.45) is 0.